The molecule has 4 heteroatoms. The van der Waals surface area contributed by atoms with Gasteiger partial charge in [0.1, 0.15) is 0 Å². The van der Waals surface area contributed by atoms with E-state index in [1.54, 1.807) is 13.1 Å². The molecule has 19 heavy (non-hydrogen) atoms. The maximum Gasteiger partial charge on any atom is 0.0811 e. The Morgan fingerprint density at radius 1 is 1.47 bits per heavy atom. The lowest BCUT2D eigenvalue weighted by Crippen LogP contribution is -2.42. The highest BCUT2D eigenvalue weighted by atomic mass is 16.3. The van der Waals surface area contributed by atoms with Crippen LogP contribution in [0.2, 0.25) is 0 Å². The first-order chi connectivity index (χ1) is 8.86. The molecule has 0 rings (SSSR count). The molecule has 0 radical (unpaired) electrons. The zero-order valence-corrected chi connectivity index (χ0v) is 12.6. The van der Waals surface area contributed by atoms with Gasteiger partial charge >= 0.3 is 0 Å². The lowest BCUT2D eigenvalue weighted by molar-refractivity contribution is 0.0659. The first kappa shape index (κ1) is 18.1. The molecule has 110 valence electrons. The molecule has 0 heterocycles. The summed E-state index contributed by atoms with van der Waals surface area (Å²) >= 11 is 0. The number of terminal acetylenes is 1. The summed E-state index contributed by atoms with van der Waals surface area (Å²) in [6.45, 7) is 8.20. The molecule has 4 unspecified atom stereocenters. The molecule has 0 aromatic carbocycles. The molecular formula is C15H28N2O2. The SMILES string of the molecule is C#CCC(C=NCC(C)(O)CC)NC(C)C(C)CO. The standard InChI is InChI=1S/C15H28N2O2/c1-6-8-14(17-13(4)12(3)10-18)9-16-11-15(5,19)7-2/h1,9,12-14,17-19H,7-8,10-11H2,2-5H3. The summed E-state index contributed by atoms with van der Waals surface area (Å²) in [6, 6.07) is 0.128. The highest BCUT2D eigenvalue weighted by Gasteiger charge is 2.17. The first-order valence-corrected chi connectivity index (χ1v) is 6.89. The number of aliphatic hydroxyl groups is 2. The summed E-state index contributed by atoms with van der Waals surface area (Å²) in [5, 5.41) is 22.3. The second-order valence-electron chi connectivity index (χ2n) is 5.47. The lowest BCUT2D eigenvalue weighted by atomic mass is 10.0. The smallest absolute Gasteiger partial charge is 0.0811 e. The number of hydrogen-bond acceptors (Lipinski definition) is 4. The van der Waals surface area contributed by atoms with E-state index >= 15 is 0 Å². The zero-order valence-electron chi connectivity index (χ0n) is 12.6. The Morgan fingerprint density at radius 2 is 2.11 bits per heavy atom. The molecule has 0 saturated carbocycles. The fourth-order valence-corrected chi connectivity index (χ4v) is 1.43. The van der Waals surface area contributed by atoms with Gasteiger partial charge in [-0.15, -0.1) is 12.3 Å². The molecule has 0 aliphatic heterocycles. The fourth-order valence-electron chi connectivity index (χ4n) is 1.43. The molecule has 0 aliphatic rings. The number of aliphatic hydroxyl groups excluding tert-OH is 1. The molecule has 0 aromatic rings. The van der Waals surface area contributed by atoms with Gasteiger partial charge in [0.2, 0.25) is 0 Å². The van der Waals surface area contributed by atoms with Crippen LogP contribution in [0.4, 0.5) is 0 Å². The van der Waals surface area contributed by atoms with Crippen LogP contribution in [0.5, 0.6) is 0 Å². The summed E-state index contributed by atoms with van der Waals surface area (Å²) in [7, 11) is 0. The molecule has 0 amide bonds. The van der Waals surface area contributed by atoms with E-state index in [9.17, 15) is 5.11 Å². The van der Waals surface area contributed by atoms with E-state index < -0.39 is 5.60 Å². The van der Waals surface area contributed by atoms with Gasteiger partial charge in [0.05, 0.1) is 18.2 Å². The van der Waals surface area contributed by atoms with E-state index in [-0.39, 0.29) is 24.6 Å². The Bertz CT molecular complexity index is 308. The van der Waals surface area contributed by atoms with Crippen LogP contribution in [-0.2, 0) is 0 Å². The predicted octanol–water partition coefficient (Wildman–Crippen LogP) is 1.22. The van der Waals surface area contributed by atoms with E-state index in [4.69, 9.17) is 11.5 Å². The summed E-state index contributed by atoms with van der Waals surface area (Å²) in [5.41, 5.74) is -0.763. The molecule has 0 aromatic heterocycles. The fraction of sp³-hybridized carbons (Fsp3) is 0.800. The highest BCUT2D eigenvalue weighted by Crippen LogP contribution is 2.08. The van der Waals surface area contributed by atoms with Crippen LogP contribution in [-0.4, -0.2) is 47.3 Å². The Labute approximate surface area is 117 Å². The molecule has 4 atom stereocenters. The van der Waals surface area contributed by atoms with Crippen LogP contribution in [0.3, 0.4) is 0 Å². The Morgan fingerprint density at radius 3 is 2.58 bits per heavy atom. The largest absolute Gasteiger partial charge is 0.396 e. The second kappa shape index (κ2) is 9.08. The van der Waals surface area contributed by atoms with Crippen molar-refractivity contribution >= 4 is 6.21 Å². The Kier molecular flexibility index (Phi) is 8.66. The minimum atomic E-state index is -0.763. The lowest BCUT2D eigenvalue weighted by Gasteiger charge is -2.24. The minimum Gasteiger partial charge on any atom is -0.396 e. The van der Waals surface area contributed by atoms with Gasteiger partial charge < -0.3 is 15.5 Å². The van der Waals surface area contributed by atoms with Gasteiger partial charge in [0.25, 0.3) is 0 Å². The second-order valence-corrected chi connectivity index (χ2v) is 5.47. The van der Waals surface area contributed by atoms with Crippen molar-refractivity contribution in [1.29, 1.82) is 0 Å². The van der Waals surface area contributed by atoms with Crippen molar-refractivity contribution in [3.63, 3.8) is 0 Å². The van der Waals surface area contributed by atoms with Crippen LogP contribution in [0, 0.1) is 18.3 Å². The van der Waals surface area contributed by atoms with E-state index in [2.05, 4.69) is 16.2 Å². The maximum absolute atomic E-state index is 9.87. The monoisotopic (exact) mass is 268 g/mol. The van der Waals surface area contributed by atoms with E-state index in [0.29, 0.717) is 19.4 Å². The van der Waals surface area contributed by atoms with Crippen molar-refractivity contribution in [3.8, 4) is 12.3 Å². The molecule has 0 aliphatic carbocycles. The van der Waals surface area contributed by atoms with Gasteiger partial charge in [-0.25, -0.2) is 0 Å². The summed E-state index contributed by atoms with van der Waals surface area (Å²) in [4.78, 5) is 4.28. The first-order valence-electron chi connectivity index (χ1n) is 6.89. The quantitative estimate of drug-likeness (QED) is 0.435. The zero-order chi connectivity index (χ0) is 14.9. The number of hydrogen-bond donors (Lipinski definition) is 3. The molecule has 0 spiro atoms. The maximum atomic E-state index is 9.87. The summed E-state index contributed by atoms with van der Waals surface area (Å²) in [5.74, 6) is 2.77. The van der Waals surface area contributed by atoms with Crippen LogP contribution < -0.4 is 5.32 Å². The highest BCUT2D eigenvalue weighted by molar-refractivity contribution is 5.65. The van der Waals surface area contributed by atoms with Crippen molar-refractivity contribution in [1.82, 2.24) is 5.32 Å². The Balaban J connectivity index is 4.41. The molecular weight excluding hydrogens is 240 g/mol. The predicted molar refractivity (Wildman–Crippen MR) is 80.4 cm³/mol. The summed E-state index contributed by atoms with van der Waals surface area (Å²) < 4.78 is 0. The van der Waals surface area contributed by atoms with Crippen molar-refractivity contribution < 1.29 is 10.2 Å². The molecule has 0 fully saturated rings. The van der Waals surface area contributed by atoms with Gasteiger partial charge in [-0.1, -0.05) is 13.8 Å². The average molecular weight is 268 g/mol. The van der Waals surface area contributed by atoms with Crippen molar-refractivity contribution in [3.05, 3.63) is 0 Å². The third-order valence-corrected chi connectivity index (χ3v) is 3.44. The normalized spacial score (nSPS) is 19.6. The van der Waals surface area contributed by atoms with Crippen LogP contribution in [0.1, 0.15) is 40.5 Å². The third-order valence-electron chi connectivity index (χ3n) is 3.44. The third kappa shape index (κ3) is 7.99. The van der Waals surface area contributed by atoms with Gasteiger partial charge in [-0.05, 0) is 26.2 Å². The molecule has 3 N–H and O–H groups in total. The van der Waals surface area contributed by atoms with Gasteiger partial charge in [0, 0.05) is 25.3 Å². The van der Waals surface area contributed by atoms with Gasteiger partial charge in [-0.3, -0.25) is 4.99 Å². The number of rotatable bonds is 9. The van der Waals surface area contributed by atoms with Crippen molar-refractivity contribution in [2.75, 3.05) is 13.2 Å². The van der Waals surface area contributed by atoms with Gasteiger partial charge in [-0.2, -0.15) is 0 Å². The topological polar surface area (TPSA) is 64.9 Å². The van der Waals surface area contributed by atoms with E-state index in [0.717, 1.165) is 0 Å². The summed E-state index contributed by atoms with van der Waals surface area (Å²) in [6.07, 6.45) is 8.32. The number of nitrogens with one attached hydrogen (secondary N) is 1. The Hall–Kier alpha value is -0.890. The molecule has 0 bridgehead atoms. The minimum absolute atomic E-state index is 0.0262. The van der Waals surface area contributed by atoms with E-state index in [1.807, 2.05) is 20.8 Å². The number of nitrogens with zero attached hydrogens (tertiary/aromatic N) is 1. The van der Waals surface area contributed by atoms with Crippen molar-refractivity contribution in [2.24, 2.45) is 10.9 Å². The number of aliphatic imine (C=N–C) groups is 1. The van der Waals surface area contributed by atoms with Crippen LogP contribution in [0.15, 0.2) is 4.99 Å². The molecule has 0 saturated heterocycles. The van der Waals surface area contributed by atoms with Crippen LogP contribution >= 0.6 is 0 Å². The molecule has 4 nitrogen and oxygen atoms in total. The van der Waals surface area contributed by atoms with Crippen LogP contribution in [0.25, 0.3) is 0 Å². The average Bonchev–Trinajstić information content (AvgIpc) is 2.37. The van der Waals surface area contributed by atoms with Gasteiger partial charge in [0.15, 0.2) is 0 Å². The van der Waals surface area contributed by atoms with Crippen molar-refractivity contribution in [2.45, 2.75) is 58.2 Å². The van der Waals surface area contributed by atoms with E-state index in [1.165, 1.54) is 0 Å².